The number of sulfone groups is 1. The highest BCUT2D eigenvalue weighted by Crippen LogP contribution is 2.32. The standard InChI is InChI=1S/C19H26N4O4S/c1-28(24,25)15-10-16-17(21-12-15)11-18(23-6-8-26-9-7-23)22-19(16)27-14-4-2-13(20)3-5-14/h10-14H,2-9,20H2,1H3/t13-,14+. The minimum Gasteiger partial charge on any atom is -0.474 e. The molecule has 2 aliphatic rings. The summed E-state index contributed by atoms with van der Waals surface area (Å²) in [5.41, 5.74) is 6.68. The number of nitrogens with two attached hydrogens (primary N) is 1. The number of morpholine rings is 1. The number of fused-ring (bicyclic) bond motifs is 1. The fourth-order valence-electron chi connectivity index (χ4n) is 3.67. The molecule has 0 aromatic carbocycles. The third-order valence-corrected chi connectivity index (χ3v) is 6.45. The van der Waals surface area contributed by atoms with E-state index in [4.69, 9.17) is 20.2 Å². The van der Waals surface area contributed by atoms with E-state index in [1.165, 1.54) is 12.5 Å². The van der Waals surface area contributed by atoms with Crippen LogP contribution in [0.25, 0.3) is 10.9 Å². The summed E-state index contributed by atoms with van der Waals surface area (Å²) in [5, 5.41) is 0.620. The van der Waals surface area contributed by atoms with Crippen LogP contribution in [0.5, 0.6) is 5.88 Å². The lowest BCUT2D eigenvalue weighted by atomic mass is 9.94. The Bertz CT molecular complexity index is 952. The predicted molar refractivity (Wildman–Crippen MR) is 107 cm³/mol. The van der Waals surface area contributed by atoms with Gasteiger partial charge in [-0.05, 0) is 31.7 Å². The molecule has 2 N–H and O–H groups in total. The molecule has 28 heavy (non-hydrogen) atoms. The van der Waals surface area contributed by atoms with Gasteiger partial charge in [0.05, 0.1) is 29.0 Å². The number of anilines is 1. The molecule has 1 aliphatic heterocycles. The van der Waals surface area contributed by atoms with Gasteiger partial charge in [-0.2, -0.15) is 4.98 Å². The van der Waals surface area contributed by atoms with Crippen molar-refractivity contribution in [3.63, 3.8) is 0 Å². The zero-order valence-electron chi connectivity index (χ0n) is 16.0. The van der Waals surface area contributed by atoms with Crippen LogP contribution in [0.2, 0.25) is 0 Å². The molecule has 2 fully saturated rings. The highest BCUT2D eigenvalue weighted by atomic mass is 32.2. The van der Waals surface area contributed by atoms with E-state index in [1.54, 1.807) is 6.07 Å². The minimum absolute atomic E-state index is 0.0253. The third-order valence-electron chi connectivity index (χ3n) is 5.37. The van der Waals surface area contributed by atoms with E-state index in [0.29, 0.717) is 30.0 Å². The average Bonchev–Trinajstić information content (AvgIpc) is 2.69. The van der Waals surface area contributed by atoms with Gasteiger partial charge >= 0.3 is 0 Å². The van der Waals surface area contributed by atoms with Crippen LogP contribution >= 0.6 is 0 Å². The van der Waals surface area contributed by atoms with Crippen LogP contribution in [-0.4, -0.2) is 63.1 Å². The molecule has 0 spiro atoms. The first-order valence-corrected chi connectivity index (χ1v) is 11.5. The highest BCUT2D eigenvalue weighted by molar-refractivity contribution is 7.90. The highest BCUT2D eigenvalue weighted by Gasteiger charge is 2.23. The molecule has 1 aliphatic carbocycles. The molecule has 0 bridgehead atoms. The van der Waals surface area contributed by atoms with Crippen molar-refractivity contribution in [1.82, 2.24) is 9.97 Å². The fourth-order valence-corrected chi connectivity index (χ4v) is 4.25. The average molecular weight is 407 g/mol. The lowest BCUT2D eigenvalue weighted by molar-refractivity contribution is 0.122. The van der Waals surface area contributed by atoms with Gasteiger partial charge < -0.3 is 20.1 Å². The van der Waals surface area contributed by atoms with Gasteiger partial charge in [0.15, 0.2) is 9.84 Å². The summed E-state index contributed by atoms with van der Waals surface area (Å²) in [6.45, 7) is 2.79. The summed E-state index contributed by atoms with van der Waals surface area (Å²) in [4.78, 5) is 11.4. The van der Waals surface area contributed by atoms with E-state index in [9.17, 15) is 8.42 Å². The van der Waals surface area contributed by atoms with Crippen molar-refractivity contribution in [2.45, 2.75) is 42.7 Å². The zero-order chi connectivity index (χ0) is 19.7. The van der Waals surface area contributed by atoms with Crippen molar-refractivity contribution in [1.29, 1.82) is 0 Å². The monoisotopic (exact) mass is 406 g/mol. The van der Waals surface area contributed by atoms with E-state index < -0.39 is 9.84 Å². The number of aromatic nitrogens is 2. The Morgan fingerprint density at radius 2 is 1.89 bits per heavy atom. The lowest BCUT2D eigenvalue weighted by Gasteiger charge is -2.30. The Balaban J connectivity index is 1.74. The first kappa shape index (κ1) is 19.4. The maximum Gasteiger partial charge on any atom is 0.225 e. The first-order chi connectivity index (χ1) is 13.4. The predicted octanol–water partition coefficient (Wildman–Crippen LogP) is 1.52. The molecule has 2 aromatic heterocycles. The van der Waals surface area contributed by atoms with E-state index in [1.807, 2.05) is 6.07 Å². The van der Waals surface area contributed by atoms with E-state index in [0.717, 1.165) is 44.6 Å². The van der Waals surface area contributed by atoms with E-state index in [-0.39, 0.29) is 17.0 Å². The molecule has 4 rings (SSSR count). The molecule has 3 heterocycles. The van der Waals surface area contributed by atoms with E-state index in [2.05, 4.69) is 9.88 Å². The van der Waals surface area contributed by atoms with Crippen molar-refractivity contribution in [2.75, 3.05) is 37.5 Å². The second kappa shape index (κ2) is 7.81. The molecule has 2 aromatic rings. The van der Waals surface area contributed by atoms with Crippen LogP contribution in [0.4, 0.5) is 5.82 Å². The van der Waals surface area contributed by atoms with Gasteiger partial charge in [0, 0.05) is 37.7 Å². The molecule has 1 saturated heterocycles. The SMILES string of the molecule is CS(=O)(=O)c1cnc2cc(N3CCOCC3)nc(O[C@H]3CC[C@@H](N)CC3)c2c1. The normalized spacial score (nSPS) is 23.7. The van der Waals surface area contributed by atoms with E-state index >= 15 is 0 Å². The van der Waals surface area contributed by atoms with Crippen LogP contribution in [0, 0.1) is 0 Å². The molecule has 8 nitrogen and oxygen atoms in total. The summed E-state index contributed by atoms with van der Waals surface area (Å²) in [6.07, 6.45) is 6.16. The third kappa shape index (κ3) is 4.21. The second-order valence-corrected chi connectivity index (χ2v) is 9.57. The number of hydrogen-bond acceptors (Lipinski definition) is 8. The molecule has 0 unspecified atom stereocenters. The number of hydrogen-bond donors (Lipinski definition) is 1. The molecule has 152 valence electrons. The topological polar surface area (TPSA) is 108 Å². The Kier molecular flexibility index (Phi) is 5.39. The second-order valence-electron chi connectivity index (χ2n) is 7.55. The fraction of sp³-hybridized carbons (Fsp3) is 0.579. The van der Waals surface area contributed by atoms with Crippen molar-refractivity contribution in [3.05, 3.63) is 18.3 Å². The molecule has 0 atom stereocenters. The summed E-state index contributed by atoms with van der Waals surface area (Å²) >= 11 is 0. The van der Waals surface area contributed by atoms with Gasteiger partial charge in [-0.25, -0.2) is 8.42 Å². The van der Waals surface area contributed by atoms with Crippen molar-refractivity contribution in [3.8, 4) is 5.88 Å². The van der Waals surface area contributed by atoms with Crippen molar-refractivity contribution >= 4 is 26.6 Å². The largest absolute Gasteiger partial charge is 0.474 e. The van der Waals surface area contributed by atoms with Crippen molar-refractivity contribution < 1.29 is 17.9 Å². The van der Waals surface area contributed by atoms with Gasteiger partial charge in [-0.3, -0.25) is 4.98 Å². The Labute approximate surface area is 165 Å². The maximum absolute atomic E-state index is 12.0. The summed E-state index contributed by atoms with van der Waals surface area (Å²) in [7, 11) is -3.37. The van der Waals surface area contributed by atoms with Gasteiger partial charge in [-0.1, -0.05) is 0 Å². The summed E-state index contributed by atoms with van der Waals surface area (Å²) in [5.74, 6) is 1.22. The molecular formula is C19H26N4O4S. The summed E-state index contributed by atoms with van der Waals surface area (Å²) in [6, 6.07) is 3.72. The maximum atomic E-state index is 12.0. The number of rotatable bonds is 4. The van der Waals surface area contributed by atoms with Gasteiger partial charge in [0.25, 0.3) is 0 Å². The molecule has 0 radical (unpaired) electrons. The van der Waals surface area contributed by atoms with Crippen molar-refractivity contribution in [2.24, 2.45) is 5.73 Å². The Hall–Kier alpha value is -1.97. The van der Waals surface area contributed by atoms with Crippen LogP contribution < -0.4 is 15.4 Å². The molecule has 0 amide bonds. The Morgan fingerprint density at radius 1 is 1.18 bits per heavy atom. The Morgan fingerprint density at radius 3 is 2.57 bits per heavy atom. The van der Waals surface area contributed by atoms with Crippen LogP contribution in [0.1, 0.15) is 25.7 Å². The minimum atomic E-state index is -3.37. The number of pyridine rings is 2. The van der Waals surface area contributed by atoms with Gasteiger partial charge in [0.1, 0.15) is 11.9 Å². The van der Waals surface area contributed by atoms with Gasteiger partial charge in [0.2, 0.25) is 5.88 Å². The molecule has 9 heteroatoms. The molecular weight excluding hydrogens is 380 g/mol. The first-order valence-electron chi connectivity index (χ1n) is 9.66. The smallest absolute Gasteiger partial charge is 0.225 e. The lowest BCUT2D eigenvalue weighted by Crippen LogP contribution is -2.37. The zero-order valence-corrected chi connectivity index (χ0v) is 16.8. The quantitative estimate of drug-likeness (QED) is 0.814. The molecule has 1 saturated carbocycles. The number of nitrogens with zero attached hydrogens (tertiary/aromatic N) is 3. The number of ether oxygens (including phenoxy) is 2. The van der Waals surface area contributed by atoms with Gasteiger partial charge in [-0.15, -0.1) is 0 Å². The van der Waals surface area contributed by atoms with Crippen LogP contribution in [-0.2, 0) is 14.6 Å². The van der Waals surface area contributed by atoms with Crippen LogP contribution in [0.3, 0.4) is 0 Å². The van der Waals surface area contributed by atoms with Crippen LogP contribution in [0.15, 0.2) is 23.2 Å². The summed E-state index contributed by atoms with van der Waals surface area (Å²) < 4.78 is 35.7.